The van der Waals surface area contributed by atoms with Crippen molar-refractivity contribution in [1.29, 1.82) is 0 Å². The summed E-state index contributed by atoms with van der Waals surface area (Å²) in [5, 5.41) is 3.22. The van der Waals surface area contributed by atoms with E-state index < -0.39 is 0 Å². The number of anilines is 1. The Morgan fingerprint density at radius 2 is 2.00 bits per heavy atom. The third-order valence-corrected chi connectivity index (χ3v) is 5.24. The number of nitrogens with zero attached hydrogens (tertiary/aromatic N) is 4. The fourth-order valence-corrected chi connectivity index (χ4v) is 3.49. The third kappa shape index (κ3) is 5.99. The molecule has 1 N–H and O–H groups in total. The van der Waals surface area contributed by atoms with Gasteiger partial charge in [-0.25, -0.2) is 9.97 Å². The number of hydrogen-bond donors (Lipinski definition) is 1. The van der Waals surface area contributed by atoms with Crippen LogP contribution in [0, 0.1) is 0 Å². The highest BCUT2D eigenvalue weighted by Gasteiger charge is 2.24. The van der Waals surface area contributed by atoms with E-state index in [0.29, 0.717) is 5.95 Å². The predicted molar refractivity (Wildman–Crippen MR) is 95.8 cm³/mol. The quantitative estimate of drug-likeness (QED) is 0.727. The number of thioether (sulfide) groups is 1. The van der Waals surface area contributed by atoms with Crippen LogP contribution in [0.3, 0.4) is 0 Å². The highest BCUT2D eigenvalue weighted by atomic mass is 32.2. The molecule has 0 aromatic carbocycles. The first-order chi connectivity index (χ1) is 11.2. The Morgan fingerprint density at radius 3 is 2.65 bits per heavy atom. The van der Waals surface area contributed by atoms with E-state index in [1.165, 1.54) is 0 Å². The van der Waals surface area contributed by atoms with E-state index in [2.05, 4.69) is 27.1 Å². The number of aromatic nitrogens is 2. The standard InChI is InChI=1S/C16H27N5OS/c1-3-20-9-11-21(12-10-20)15(22)14(2)23-13-5-8-19-16-17-6-4-7-18-16/h4,6-7,14H,3,5,8-13H2,1-2H3,(H,17,18,19). The summed E-state index contributed by atoms with van der Waals surface area (Å²) in [6.07, 6.45) is 4.44. The number of amides is 1. The van der Waals surface area contributed by atoms with Crippen LogP contribution in [0.15, 0.2) is 18.5 Å². The minimum Gasteiger partial charge on any atom is -0.354 e. The lowest BCUT2D eigenvalue weighted by atomic mass is 10.3. The molecule has 23 heavy (non-hydrogen) atoms. The van der Waals surface area contributed by atoms with Gasteiger partial charge in [0, 0.05) is 45.1 Å². The predicted octanol–water partition coefficient (Wildman–Crippen LogP) is 1.56. The monoisotopic (exact) mass is 337 g/mol. The number of rotatable bonds is 8. The van der Waals surface area contributed by atoms with Gasteiger partial charge in [-0.1, -0.05) is 6.92 Å². The Hall–Kier alpha value is -1.34. The first-order valence-electron chi connectivity index (χ1n) is 8.34. The molecular weight excluding hydrogens is 310 g/mol. The van der Waals surface area contributed by atoms with E-state index in [-0.39, 0.29) is 11.2 Å². The average Bonchev–Trinajstić information content (AvgIpc) is 2.61. The van der Waals surface area contributed by atoms with Gasteiger partial charge in [0.05, 0.1) is 5.25 Å². The summed E-state index contributed by atoms with van der Waals surface area (Å²) in [5.41, 5.74) is 0. The number of piperazine rings is 1. The fraction of sp³-hybridized carbons (Fsp3) is 0.688. The van der Waals surface area contributed by atoms with E-state index in [4.69, 9.17) is 0 Å². The summed E-state index contributed by atoms with van der Waals surface area (Å²) < 4.78 is 0. The zero-order chi connectivity index (χ0) is 16.5. The molecule has 0 aliphatic carbocycles. The Kier molecular flexibility index (Phi) is 7.61. The Balaban J connectivity index is 1.59. The molecule has 1 atom stereocenters. The van der Waals surface area contributed by atoms with Gasteiger partial charge in [0.25, 0.3) is 0 Å². The van der Waals surface area contributed by atoms with Crippen LogP contribution in [0.2, 0.25) is 0 Å². The lowest BCUT2D eigenvalue weighted by Crippen LogP contribution is -2.50. The van der Waals surface area contributed by atoms with E-state index in [1.807, 2.05) is 11.8 Å². The largest absolute Gasteiger partial charge is 0.354 e. The van der Waals surface area contributed by atoms with E-state index >= 15 is 0 Å². The molecule has 1 saturated heterocycles. The van der Waals surface area contributed by atoms with Crippen LogP contribution in [0.4, 0.5) is 5.95 Å². The molecule has 2 rings (SSSR count). The van der Waals surface area contributed by atoms with Crippen LogP contribution >= 0.6 is 11.8 Å². The topological polar surface area (TPSA) is 61.4 Å². The van der Waals surface area contributed by atoms with E-state index in [0.717, 1.165) is 51.4 Å². The van der Waals surface area contributed by atoms with Gasteiger partial charge in [-0.15, -0.1) is 11.8 Å². The highest BCUT2D eigenvalue weighted by molar-refractivity contribution is 8.00. The number of nitrogens with one attached hydrogen (secondary N) is 1. The van der Waals surface area contributed by atoms with Gasteiger partial charge >= 0.3 is 0 Å². The average molecular weight is 337 g/mol. The maximum atomic E-state index is 12.4. The van der Waals surface area contributed by atoms with Crippen molar-refractivity contribution < 1.29 is 4.79 Å². The summed E-state index contributed by atoms with van der Waals surface area (Å²) in [4.78, 5) is 25.1. The minimum atomic E-state index is 0.0381. The molecule has 128 valence electrons. The van der Waals surface area contributed by atoms with Crippen LogP contribution in [0.1, 0.15) is 20.3 Å². The van der Waals surface area contributed by atoms with Crippen molar-refractivity contribution in [3.63, 3.8) is 0 Å². The first kappa shape index (κ1) is 18.0. The minimum absolute atomic E-state index is 0.0381. The summed E-state index contributed by atoms with van der Waals surface area (Å²) in [7, 11) is 0. The van der Waals surface area contributed by atoms with E-state index in [9.17, 15) is 4.79 Å². The fourth-order valence-electron chi connectivity index (χ4n) is 2.54. The number of likely N-dealkylation sites (N-methyl/N-ethyl adjacent to an activating group) is 1. The summed E-state index contributed by atoms with van der Waals surface area (Å²) in [5.74, 6) is 1.90. The van der Waals surface area contributed by atoms with Gasteiger partial charge in [0.2, 0.25) is 11.9 Å². The van der Waals surface area contributed by atoms with Gasteiger partial charge < -0.3 is 15.1 Å². The van der Waals surface area contributed by atoms with Crippen LogP contribution < -0.4 is 5.32 Å². The first-order valence-corrected chi connectivity index (χ1v) is 9.39. The second-order valence-corrected chi connectivity index (χ2v) is 7.07. The van der Waals surface area contributed by atoms with Gasteiger partial charge in [-0.05, 0) is 31.7 Å². The van der Waals surface area contributed by atoms with Crippen LogP contribution in [-0.4, -0.2) is 75.9 Å². The maximum absolute atomic E-state index is 12.4. The molecule has 0 bridgehead atoms. The summed E-state index contributed by atoms with van der Waals surface area (Å²) >= 11 is 1.73. The van der Waals surface area contributed by atoms with Crippen molar-refractivity contribution in [2.24, 2.45) is 0 Å². The van der Waals surface area contributed by atoms with Crippen LogP contribution in [0.5, 0.6) is 0 Å². The van der Waals surface area contributed by atoms with Gasteiger partial charge in [-0.2, -0.15) is 0 Å². The zero-order valence-corrected chi connectivity index (χ0v) is 14.9. The van der Waals surface area contributed by atoms with Crippen molar-refractivity contribution in [2.45, 2.75) is 25.5 Å². The molecule has 0 saturated carbocycles. The van der Waals surface area contributed by atoms with E-state index in [1.54, 1.807) is 30.2 Å². The van der Waals surface area contributed by atoms with Crippen molar-refractivity contribution in [3.8, 4) is 0 Å². The Labute approximate surface area is 143 Å². The van der Waals surface area contributed by atoms with Crippen LogP contribution in [0.25, 0.3) is 0 Å². The molecule has 1 amide bonds. The van der Waals surface area contributed by atoms with Crippen molar-refractivity contribution in [2.75, 3.05) is 50.3 Å². The second kappa shape index (κ2) is 9.72. The lowest BCUT2D eigenvalue weighted by molar-refractivity contribution is -0.132. The molecule has 2 heterocycles. The second-order valence-electron chi connectivity index (χ2n) is 5.63. The van der Waals surface area contributed by atoms with Crippen molar-refractivity contribution in [3.05, 3.63) is 18.5 Å². The smallest absolute Gasteiger partial charge is 0.235 e. The zero-order valence-electron chi connectivity index (χ0n) is 14.1. The van der Waals surface area contributed by atoms with Gasteiger partial charge in [-0.3, -0.25) is 4.79 Å². The third-order valence-electron chi connectivity index (χ3n) is 4.02. The van der Waals surface area contributed by atoms with Gasteiger partial charge in [0.1, 0.15) is 0 Å². The Bertz CT molecular complexity index is 465. The molecule has 0 spiro atoms. The number of hydrogen-bond acceptors (Lipinski definition) is 6. The summed E-state index contributed by atoms with van der Waals surface area (Å²) in [6.45, 7) is 9.82. The molecule has 1 aromatic rings. The lowest BCUT2D eigenvalue weighted by Gasteiger charge is -2.35. The molecule has 1 aromatic heterocycles. The number of carbonyl (C=O) groups is 1. The highest BCUT2D eigenvalue weighted by Crippen LogP contribution is 2.16. The van der Waals surface area contributed by atoms with Crippen LogP contribution in [-0.2, 0) is 4.79 Å². The SMILES string of the molecule is CCN1CCN(C(=O)C(C)SCCCNc2ncccn2)CC1. The van der Waals surface area contributed by atoms with Crippen molar-refractivity contribution >= 4 is 23.6 Å². The number of carbonyl (C=O) groups excluding carboxylic acids is 1. The Morgan fingerprint density at radius 1 is 1.30 bits per heavy atom. The molecule has 1 aliphatic heterocycles. The van der Waals surface area contributed by atoms with Gasteiger partial charge in [0.15, 0.2) is 0 Å². The molecule has 7 heteroatoms. The van der Waals surface area contributed by atoms with Crippen molar-refractivity contribution in [1.82, 2.24) is 19.8 Å². The molecule has 6 nitrogen and oxygen atoms in total. The normalized spacial score (nSPS) is 17.0. The summed E-state index contributed by atoms with van der Waals surface area (Å²) in [6, 6.07) is 1.80. The molecule has 1 unspecified atom stereocenters. The maximum Gasteiger partial charge on any atom is 0.235 e. The molecule has 0 radical (unpaired) electrons. The molecule has 1 aliphatic rings. The molecular formula is C16H27N5OS. The molecule has 1 fully saturated rings.